The fourth-order valence-electron chi connectivity index (χ4n) is 2.18. The molecule has 3 rings (SSSR count). The second-order valence-electron chi connectivity index (χ2n) is 5.24. The van der Waals surface area contributed by atoms with E-state index >= 15 is 0 Å². The number of nitrogens with zero attached hydrogens (tertiary/aromatic N) is 4. The van der Waals surface area contributed by atoms with Gasteiger partial charge in [-0.2, -0.15) is 5.10 Å². The number of hydrogen-bond donors (Lipinski definition) is 0. The molecule has 0 N–H and O–H groups in total. The van der Waals surface area contributed by atoms with Crippen LogP contribution >= 0.6 is 11.3 Å². The van der Waals surface area contributed by atoms with Gasteiger partial charge in [-0.05, 0) is 29.8 Å². The van der Waals surface area contributed by atoms with E-state index in [1.54, 1.807) is 17.6 Å². The number of para-hydroxylation sites is 1. The SMILES string of the molecule is CN(C)c1ccc(C=NN=c2sc3ccccc3n2C)cc1. The molecule has 2 aromatic carbocycles. The molecule has 0 amide bonds. The maximum absolute atomic E-state index is 4.34. The fourth-order valence-corrected chi connectivity index (χ4v) is 3.16. The van der Waals surface area contributed by atoms with Gasteiger partial charge in [-0.3, -0.25) is 0 Å². The number of rotatable bonds is 3. The molecule has 1 heterocycles. The summed E-state index contributed by atoms with van der Waals surface area (Å²) in [7, 11) is 6.07. The van der Waals surface area contributed by atoms with Crippen molar-refractivity contribution in [3.8, 4) is 0 Å². The Kier molecular flexibility index (Phi) is 4.06. The van der Waals surface area contributed by atoms with Gasteiger partial charge in [0.25, 0.3) is 0 Å². The number of thiazole rings is 1. The fraction of sp³-hybridized carbons (Fsp3) is 0.176. The number of hydrogen-bond acceptors (Lipinski definition) is 4. The van der Waals surface area contributed by atoms with Crippen molar-refractivity contribution in [3.05, 3.63) is 58.9 Å². The van der Waals surface area contributed by atoms with Gasteiger partial charge >= 0.3 is 0 Å². The van der Waals surface area contributed by atoms with E-state index in [4.69, 9.17) is 0 Å². The highest BCUT2D eigenvalue weighted by molar-refractivity contribution is 7.16. The average molecular weight is 310 g/mol. The summed E-state index contributed by atoms with van der Waals surface area (Å²) in [5.74, 6) is 0. The van der Waals surface area contributed by atoms with Gasteiger partial charge in [0.2, 0.25) is 4.80 Å². The maximum atomic E-state index is 4.34. The Labute approximate surface area is 133 Å². The van der Waals surface area contributed by atoms with E-state index in [9.17, 15) is 0 Å². The highest BCUT2D eigenvalue weighted by atomic mass is 32.1. The van der Waals surface area contributed by atoms with Crippen molar-refractivity contribution in [2.24, 2.45) is 17.3 Å². The molecule has 22 heavy (non-hydrogen) atoms. The first-order valence-electron chi connectivity index (χ1n) is 7.04. The number of fused-ring (bicyclic) bond motifs is 1. The lowest BCUT2D eigenvalue weighted by Crippen LogP contribution is -2.09. The molecule has 112 valence electrons. The number of aryl methyl sites for hydroxylation is 1. The van der Waals surface area contributed by atoms with Crippen LogP contribution in [0.2, 0.25) is 0 Å². The molecule has 4 nitrogen and oxygen atoms in total. The van der Waals surface area contributed by atoms with Gasteiger partial charge in [0.15, 0.2) is 0 Å². The third kappa shape index (κ3) is 2.94. The Morgan fingerprint density at radius 3 is 2.45 bits per heavy atom. The van der Waals surface area contributed by atoms with Crippen LogP contribution in [0.15, 0.2) is 58.7 Å². The van der Waals surface area contributed by atoms with Crippen molar-refractivity contribution >= 4 is 33.5 Å². The molecule has 0 radical (unpaired) electrons. The van der Waals surface area contributed by atoms with Crippen LogP contribution in [0.1, 0.15) is 5.56 Å². The standard InChI is InChI=1S/C17H18N4S/c1-20(2)14-10-8-13(9-11-14)12-18-19-17-21(3)15-6-4-5-7-16(15)22-17/h4-12H,1-3H3. The third-order valence-corrected chi connectivity index (χ3v) is 4.58. The largest absolute Gasteiger partial charge is 0.378 e. The monoisotopic (exact) mass is 310 g/mol. The normalized spacial score (nSPS) is 12.4. The average Bonchev–Trinajstić information content (AvgIpc) is 2.85. The summed E-state index contributed by atoms with van der Waals surface area (Å²) in [6, 6.07) is 16.5. The van der Waals surface area contributed by atoms with Gasteiger partial charge in [0, 0.05) is 26.8 Å². The zero-order valence-electron chi connectivity index (χ0n) is 12.9. The molecular formula is C17H18N4S. The van der Waals surface area contributed by atoms with E-state index < -0.39 is 0 Å². The Balaban J connectivity index is 1.87. The van der Waals surface area contributed by atoms with Crippen molar-refractivity contribution in [3.63, 3.8) is 0 Å². The van der Waals surface area contributed by atoms with Crippen LogP contribution in [0.3, 0.4) is 0 Å². The second kappa shape index (κ2) is 6.15. The van der Waals surface area contributed by atoms with Crippen molar-refractivity contribution in [2.75, 3.05) is 19.0 Å². The molecule has 0 atom stereocenters. The molecule has 0 aliphatic carbocycles. The van der Waals surface area contributed by atoms with Crippen LogP contribution < -0.4 is 9.70 Å². The van der Waals surface area contributed by atoms with Gasteiger partial charge in [0.1, 0.15) is 0 Å². The summed E-state index contributed by atoms with van der Waals surface area (Å²) in [4.78, 5) is 2.96. The Morgan fingerprint density at radius 2 is 1.77 bits per heavy atom. The summed E-state index contributed by atoms with van der Waals surface area (Å²) in [6.07, 6.45) is 1.78. The lowest BCUT2D eigenvalue weighted by atomic mass is 10.2. The van der Waals surface area contributed by atoms with Gasteiger partial charge < -0.3 is 9.47 Å². The summed E-state index contributed by atoms with van der Waals surface area (Å²) in [5.41, 5.74) is 3.39. The topological polar surface area (TPSA) is 32.9 Å². The summed E-state index contributed by atoms with van der Waals surface area (Å²) >= 11 is 1.64. The summed E-state index contributed by atoms with van der Waals surface area (Å²) in [6.45, 7) is 0. The Morgan fingerprint density at radius 1 is 1.05 bits per heavy atom. The highest BCUT2D eigenvalue weighted by Crippen LogP contribution is 2.15. The Bertz CT molecular complexity index is 870. The Hall–Kier alpha value is -2.40. The molecular weight excluding hydrogens is 292 g/mol. The minimum Gasteiger partial charge on any atom is -0.378 e. The van der Waals surface area contributed by atoms with E-state index in [0.29, 0.717) is 0 Å². The number of anilines is 1. The van der Waals surface area contributed by atoms with Gasteiger partial charge in [-0.25, -0.2) is 0 Å². The van der Waals surface area contributed by atoms with Gasteiger partial charge in [-0.15, -0.1) is 5.10 Å². The molecule has 5 heteroatoms. The van der Waals surface area contributed by atoms with Crippen molar-refractivity contribution in [2.45, 2.75) is 0 Å². The zero-order chi connectivity index (χ0) is 15.5. The van der Waals surface area contributed by atoms with Crippen LogP contribution in [-0.4, -0.2) is 24.9 Å². The molecule has 0 spiro atoms. The van der Waals surface area contributed by atoms with Crippen LogP contribution in [0.5, 0.6) is 0 Å². The molecule has 0 aliphatic heterocycles. The predicted molar refractivity (Wildman–Crippen MR) is 94.7 cm³/mol. The van der Waals surface area contributed by atoms with E-state index in [1.165, 1.54) is 15.9 Å². The minimum atomic E-state index is 0.891. The molecule has 0 aliphatic rings. The van der Waals surface area contributed by atoms with E-state index in [1.807, 2.05) is 45.4 Å². The third-order valence-electron chi connectivity index (χ3n) is 3.47. The van der Waals surface area contributed by atoms with E-state index in [0.717, 1.165) is 10.4 Å². The second-order valence-corrected chi connectivity index (χ2v) is 6.25. The maximum Gasteiger partial charge on any atom is 0.211 e. The lowest BCUT2D eigenvalue weighted by Gasteiger charge is -2.11. The number of benzene rings is 2. The van der Waals surface area contributed by atoms with Crippen LogP contribution in [0.4, 0.5) is 5.69 Å². The summed E-state index contributed by atoms with van der Waals surface area (Å²) in [5, 5.41) is 8.55. The molecule has 3 aromatic rings. The summed E-state index contributed by atoms with van der Waals surface area (Å²) < 4.78 is 3.28. The first-order chi connectivity index (χ1) is 10.6. The quantitative estimate of drug-likeness (QED) is 0.540. The molecule has 0 saturated heterocycles. The molecule has 0 unspecified atom stereocenters. The molecule has 0 bridgehead atoms. The van der Waals surface area contributed by atoms with Gasteiger partial charge in [-0.1, -0.05) is 35.6 Å². The number of aromatic nitrogens is 1. The predicted octanol–water partition coefficient (Wildman–Crippen LogP) is 3.24. The smallest absolute Gasteiger partial charge is 0.211 e. The highest BCUT2D eigenvalue weighted by Gasteiger charge is 2.00. The van der Waals surface area contributed by atoms with Crippen LogP contribution in [0, 0.1) is 0 Å². The molecule has 0 saturated carbocycles. The van der Waals surface area contributed by atoms with Crippen molar-refractivity contribution in [1.29, 1.82) is 0 Å². The van der Waals surface area contributed by atoms with E-state index in [2.05, 4.69) is 43.9 Å². The van der Waals surface area contributed by atoms with Crippen molar-refractivity contribution < 1.29 is 0 Å². The lowest BCUT2D eigenvalue weighted by molar-refractivity contribution is 0.889. The van der Waals surface area contributed by atoms with Crippen LogP contribution in [-0.2, 0) is 7.05 Å². The van der Waals surface area contributed by atoms with E-state index in [-0.39, 0.29) is 0 Å². The van der Waals surface area contributed by atoms with Gasteiger partial charge in [0.05, 0.1) is 16.4 Å². The van der Waals surface area contributed by atoms with Crippen LogP contribution in [0.25, 0.3) is 10.2 Å². The first kappa shape index (κ1) is 14.5. The minimum absolute atomic E-state index is 0.891. The first-order valence-corrected chi connectivity index (χ1v) is 7.86. The molecule has 1 aromatic heterocycles. The van der Waals surface area contributed by atoms with Crippen molar-refractivity contribution in [1.82, 2.24) is 4.57 Å². The molecule has 0 fully saturated rings. The zero-order valence-corrected chi connectivity index (χ0v) is 13.7.